The molecule has 1 aliphatic carbocycles. The Morgan fingerprint density at radius 2 is 1.79 bits per heavy atom. The summed E-state index contributed by atoms with van der Waals surface area (Å²) in [5.74, 6) is 0.142. The lowest BCUT2D eigenvalue weighted by atomic mass is 9.38. The van der Waals surface area contributed by atoms with Gasteiger partial charge in [0.15, 0.2) is 0 Å². The first-order valence-corrected chi connectivity index (χ1v) is 10.5. The molecule has 0 fully saturated rings. The number of phenolic OH excluding ortho intramolecular Hbond substituents is 2. The number of rotatable bonds is 7. The molecule has 0 amide bonds. The molecule has 0 bridgehead atoms. The van der Waals surface area contributed by atoms with E-state index in [2.05, 4.69) is 29.2 Å². The van der Waals surface area contributed by atoms with E-state index in [1.165, 1.54) is 0 Å². The van der Waals surface area contributed by atoms with Crippen LogP contribution in [0.4, 0.5) is 0 Å². The summed E-state index contributed by atoms with van der Waals surface area (Å²) in [7, 11) is 7.88. The van der Waals surface area contributed by atoms with Gasteiger partial charge in [-0.25, -0.2) is 0 Å². The molecule has 1 aromatic rings. The number of hydrogen-bond acceptors (Lipinski definition) is 3. The summed E-state index contributed by atoms with van der Waals surface area (Å²) in [5, 5.41) is 31.2. The molecule has 1 aromatic carbocycles. The van der Waals surface area contributed by atoms with Gasteiger partial charge in [-0.2, -0.15) is 0 Å². The summed E-state index contributed by atoms with van der Waals surface area (Å²) >= 11 is 0. The first-order chi connectivity index (χ1) is 12.9. The van der Waals surface area contributed by atoms with Gasteiger partial charge in [0, 0.05) is 16.9 Å². The molecule has 1 aliphatic rings. The summed E-state index contributed by atoms with van der Waals surface area (Å²) < 4.78 is 0. The predicted octanol–water partition coefficient (Wildman–Crippen LogP) is 0.731. The van der Waals surface area contributed by atoms with Crippen molar-refractivity contribution in [2.75, 3.05) is 0 Å². The first-order valence-electron chi connectivity index (χ1n) is 10.5. The topological polar surface area (TPSA) is 60.7 Å². The third kappa shape index (κ3) is 4.92. The number of allylic oxidation sites excluding steroid dienone is 2. The fourth-order valence-corrected chi connectivity index (χ4v) is 4.85. The zero-order valence-corrected chi connectivity index (χ0v) is 18.5. The molecule has 0 heterocycles. The van der Waals surface area contributed by atoms with Crippen molar-refractivity contribution in [3.8, 4) is 11.5 Å². The number of phenols is 2. The van der Waals surface area contributed by atoms with Gasteiger partial charge in [0.05, 0.1) is 0 Å². The van der Waals surface area contributed by atoms with E-state index in [9.17, 15) is 15.3 Å². The molecule has 0 radical (unpaired) electrons. The minimum Gasteiger partial charge on any atom is -0.507 e. The third-order valence-corrected chi connectivity index (χ3v) is 6.13. The van der Waals surface area contributed by atoms with Crippen molar-refractivity contribution in [2.24, 2.45) is 5.92 Å². The Kier molecular flexibility index (Phi) is 6.91. The number of aromatic hydroxyl groups is 2. The van der Waals surface area contributed by atoms with Gasteiger partial charge in [-0.05, 0) is 43.4 Å². The highest BCUT2D eigenvalue weighted by molar-refractivity contribution is 6.47. The lowest BCUT2D eigenvalue weighted by Gasteiger charge is -2.46. The highest BCUT2D eigenvalue weighted by atomic mass is 16.3. The molecule has 0 unspecified atom stereocenters. The van der Waals surface area contributed by atoms with E-state index in [1.54, 1.807) is 27.8 Å². The van der Waals surface area contributed by atoms with E-state index in [-0.39, 0.29) is 28.5 Å². The smallest absolute Gasteiger partial charge is 0.136 e. The number of unbranched alkanes of at least 4 members (excludes halogenated alkanes) is 2. The zero-order valence-electron chi connectivity index (χ0n) is 18.5. The third-order valence-electron chi connectivity index (χ3n) is 6.13. The Labute approximate surface area is 174 Å². The second kappa shape index (κ2) is 8.49. The van der Waals surface area contributed by atoms with Crippen molar-refractivity contribution in [3.05, 3.63) is 47.1 Å². The van der Waals surface area contributed by atoms with Gasteiger partial charge in [-0.15, -0.1) is 0 Å². The zero-order chi connectivity index (χ0) is 21.3. The second-order valence-corrected chi connectivity index (χ2v) is 9.71. The van der Waals surface area contributed by atoms with E-state index in [0.717, 1.165) is 48.8 Å². The van der Waals surface area contributed by atoms with Gasteiger partial charge in [-0.1, -0.05) is 55.2 Å². The molecule has 0 saturated heterocycles. The molecule has 7 heteroatoms. The molecule has 3 nitrogen and oxygen atoms in total. The van der Waals surface area contributed by atoms with E-state index in [1.807, 2.05) is 13.0 Å². The van der Waals surface area contributed by atoms with Crippen molar-refractivity contribution in [2.45, 2.75) is 62.5 Å². The minimum absolute atomic E-state index is 0.0869. The van der Waals surface area contributed by atoms with Crippen LogP contribution < -0.4 is 0 Å². The molecule has 0 spiro atoms. The summed E-state index contributed by atoms with van der Waals surface area (Å²) in [6.07, 6.45) is 7.02. The SMILES string of the molecule is BC(B)(O)C1=C[C@@H](c2c(O)cc(CCCCC)cc2O)[C@H](C(=C)C)CC1(B)B. The lowest BCUT2D eigenvalue weighted by molar-refractivity contribution is 0.234. The van der Waals surface area contributed by atoms with Crippen molar-refractivity contribution >= 4 is 31.4 Å². The molecular formula is C21H34B4O3. The van der Waals surface area contributed by atoms with Crippen molar-refractivity contribution in [1.29, 1.82) is 0 Å². The van der Waals surface area contributed by atoms with E-state index in [4.69, 9.17) is 0 Å². The Morgan fingerprint density at radius 1 is 1.21 bits per heavy atom. The van der Waals surface area contributed by atoms with Crippen molar-refractivity contribution in [1.82, 2.24) is 0 Å². The van der Waals surface area contributed by atoms with Crippen LogP contribution in [-0.2, 0) is 6.42 Å². The molecule has 148 valence electrons. The average Bonchev–Trinajstić information content (AvgIpc) is 2.53. The average molecular weight is 378 g/mol. The molecule has 0 aromatic heterocycles. The van der Waals surface area contributed by atoms with Crippen molar-refractivity contribution < 1.29 is 15.3 Å². The van der Waals surface area contributed by atoms with Crippen LogP contribution in [0.5, 0.6) is 11.5 Å². The summed E-state index contributed by atoms with van der Waals surface area (Å²) in [6, 6.07) is 3.58. The Morgan fingerprint density at radius 3 is 2.25 bits per heavy atom. The second-order valence-electron chi connectivity index (χ2n) is 9.71. The maximum absolute atomic E-state index is 10.8. The fraction of sp³-hybridized carbons (Fsp3) is 0.524. The van der Waals surface area contributed by atoms with E-state index in [0.29, 0.717) is 5.56 Å². The van der Waals surface area contributed by atoms with Crippen LogP contribution in [0.3, 0.4) is 0 Å². The van der Waals surface area contributed by atoms with Gasteiger partial charge >= 0.3 is 0 Å². The van der Waals surface area contributed by atoms with Crippen LogP contribution >= 0.6 is 0 Å². The Bertz CT molecular complexity index is 742. The van der Waals surface area contributed by atoms with Crippen LogP contribution in [0, 0.1) is 5.92 Å². The molecule has 3 N–H and O–H groups in total. The molecule has 28 heavy (non-hydrogen) atoms. The molecule has 2 atom stereocenters. The number of benzene rings is 1. The maximum atomic E-state index is 10.8. The maximum Gasteiger partial charge on any atom is 0.136 e. The van der Waals surface area contributed by atoms with Gasteiger partial charge in [-0.3, -0.25) is 0 Å². The van der Waals surface area contributed by atoms with E-state index < -0.39 is 5.40 Å². The highest BCUT2D eigenvalue weighted by Crippen LogP contribution is 2.54. The fourth-order valence-electron chi connectivity index (χ4n) is 4.85. The van der Waals surface area contributed by atoms with Crippen LogP contribution in [-0.4, -0.2) is 52.1 Å². The van der Waals surface area contributed by atoms with Crippen molar-refractivity contribution in [3.63, 3.8) is 0 Å². The number of aryl methyl sites for hydroxylation is 1. The quantitative estimate of drug-likeness (QED) is 0.373. The molecule has 0 aliphatic heterocycles. The number of hydrogen-bond donors (Lipinski definition) is 3. The van der Waals surface area contributed by atoms with Crippen LogP contribution in [0.15, 0.2) is 35.9 Å². The predicted molar refractivity (Wildman–Crippen MR) is 129 cm³/mol. The molecular weight excluding hydrogens is 343 g/mol. The Balaban J connectivity index is 2.54. The van der Waals surface area contributed by atoms with Crippen LogP contribution in [0.1, 0.15) is 56.6 Å². The highest BCUT2D eigenvalue weighted by Gasteiger charge is 2.42. The monoisotopic (exact) mass is 378 g/mol. The van der Waals surface area contributed by atoms with Gasteiger partial charge in [0.25, 0.3) is 0 Å². The van der Waals surface area contributed by atoms with Gasteiger partial charge < -0.3 is 15.3 Å². The normalized spacial score (nSPS) is 21.9. The lowest BCUT2D eigenvalue weighted by Crippen LogP contribution is -2.43. The summed E-state index contributed by atoms with van der Waals surface area (Å²) in [6.45, 7) is 8.34. The van der Waals surface area contributed by atoms with Crippen LogP contribution in [0.2, 0.25) is 5.21 Å². The van der Waals surface area contributed by atoms with Gasteiger partial charge in [0.1, 0.15) is 42.9 Å². The standard InChI is InChI=1S/C21H34B4O3/c1-4-5-6-7-13-8-16(26)19(17(27)9-13)14-10-18(21(24,25)28)20(22,23)11-15(14)12(2)3/h8-10,14-15,26-28H,2,4-7,11,22-25H2,1,3H3/t14-,15+/m1/s1. The molecule has 2 rings (SSSR count). The Hall–Kier alpha value is -1.48. The van der Waals surface area contributed by atoms with Gasteiger partial charge in [0.2, 0.25) is 0 Å². The number of aliphatic hydroxyl groups is 1. The summed E-state index contributed by atoms with van der Waals surface area (Å²) in [5.41, 5.74) is 3.47. The minimum atomic E-state index is -0.965. The first kappa shape index (κ1) is 22.8. The molecule has 0 saturated carbocycles. The summed E-state index contributed by atoms with van der Waals surface area (Å²) in [4.78, 5) is 0. The van der Waals surface area contributed by atoms with Crippen LogP contribution in [0.25, 0.3) is 0 Å². The largest absolute Gasteiger partial charge is 0.507 e. The van der Waals surface area contributed by atoms with E-state index >= 15 is 0 Å².